The van der Waals surface area contributed by atoms with Crippen LogP contribution in [0.15, 0.2) is 24.3 Å². The molecule has 2 unspecified atom stereocenters. The maximum Gasteiger partial charge on any atom is 0.264 e. The molecule has 1 aromatic carbocycles. The highest BCUT2D eigenvalue weighted by molar-refractivity contribution is 9.09. The van der Waals surface area contributed by atoms with Crippen molar-refractivity contribution >= 4 is 21.8 Å². The zero-order chi connectivity index (χ0) is 13.0. The molecule has 1 aliphatic rings. The predicted octanol–water partition coefficient (Wildman–Crippen LogP) is 2.12. The first-order valence-electron chi connectivity index (χ1n) is 5.97. The Hall–Kier alpha value is -1.23. The number of rotatable bonds is 4. The number of hydrogen-bond acceptors (Lipinski definition) is 3. The molecule has 98 valence electrons. The van der Waals surface area contributed by atoms with Crippen molar-refractivity contribution < 1.29 is 14.3 Å². The Balaban J connectivity index is 1.87. The molecule has 1 heterocycles. The van der Waals surface area contributed by atoms with Crippen LogP contribution in [0.5, 0.6) is 11.5 Å². The number of fused-ring (bicyclic) bond motifs is 1. The SMILES string of the molecule is CC(Br)CCNC(=O)C1COc2ccccc2O1. The fourth-order valence-corrected chi connectivity index (χ4v) is 1.89. The molecule has 5 heteroatoms. The van der Waals surface area contributed by atoms with Gasteiger partial charge < -0.3 is 14.8 Å². The minimum Gasteiger partial charge on any atom is -0.485 e. The van der Waals surface area contributed by atoms with E-state index in [1.165, 1.54) is 0 Å². The molecule has 0 saturated heterocycles. The lowest BCUT2D eigenvalue weighted by Gasteiger charge is -2.25. The fourth-order valence-electron chi connectivity index (χ4n) is 1.66. The molecule has 0 saturated carbocycles. The number of carbonyl (C=O) groups is 1. The first-order valence-corrected chi connectivity index (χ1v) is 6.88. The average molecular weight is 314 g/mol. The maximum atomic E-state index is 11.9. The Bertz CT molecular complexity index is 422. The van der Waals surface area contributed by atoms with Crippen LogP contribution in [0.25, 0.3) is 0 Å². The van der Waals surface area contributed by atoms with Crippen LogP contribution in [0.4, 0.5) is 0 Å². The molecule has 18 heavy (non-hydrogen) atoms. The molecule has 0 spiro atoms. The van der Waals surface area contributed by atoms with Crippen molar-refractivity contribution in [1.82, 2.24) is 5.32 Å². The average Bonchev–Trinajstić information content (AvgIpc) is 2.37. The van der Waals surface area contributed by atoms with Gasteiger partial charge in [0.1, 0.15) is 6.61 Å². The van der Waals surface area contributed by atoms with E-state index in [1.807, 2.05) is 25.1 Å². The molecule has 1 aromatic rings. The van der Waals surface area contributed by atoms with Gasteiger partial charge in [-0.25, -0.2) is 0 Å². The lowest BCUT2D eigenvalue weighted by Crippen LogP contribution is -2.44. The zero-order valence-electron chi connectivity index (χ0n) is 10.2. The van der Waals surface area contributed by atoms with E-state index in [1.54, 1.807) is 6.07 Å². The monoisotopic (exact) mass is 313 g/mol. The van der Waals surface area contributed by atoms with E-state index in [2.05, 4.69) is 21.2 Å². The van der Waals surface area contributed by atoms with Crippen LogP contribution in [0.1, 0.15) is 13.3 Å². The van der Waals surface area contributed by atoms with Gasteiger partial charge in [0, 0.05) is 11.4 Å². The van der Waals surface area contributed by atoms with E-state index in [9.17, 15) is 4.79 Å². The number of ether oxygens (including phenoxy) is 2. The number of nitrogens with one attached hydrogen (secondary N) is 1. The van der Waals surface area contributed by atoms with Crippen molar-refractivity contribution in [2.45, 2.75) is 24.3 Å². The molecule has 0 fully saturated rings. The summed E-state index contributed by atoms with van der Waals surface area (Å²) in [6.45, 7) is 2.93. The van der Waals surface area contributed by atoms with Crippen molar-refractivity contribution in [3.05, 3.63) is 24.3 Å². The van der Waals surface area contributed by atoms with Gasteiger partial charge in [0.25, 0.3) is 5.91 Å². The van der Waals surface area contributed by atoms with Gasteiger partial charge in [-0.05, 0) is 18.6 Å². The van der Waals surface area contributed by atoms with Gasteiger partial charge in [-0.3, -0.25) is 4.79 Å². The minimum absolute atomic E-state index is 0.127. The Morgan fingerprint density at radius 2 is 2.22 bits per heavy atom. The molecule has 2 atom stereocenters. The molecule has 0 bridgehead atoms. The summed E-state index contributed by atoms with van der Waals surface area (Å²) in [7, 11) is 0. The Morgan fingerprint density at radius 1 is 1.50 bits per heavy atom. The van der Waals surface area contributed by atoms with Gasteiger partial charge in [0.15, 0.2) is 11.5 Å². The molecule has 4 nitrogen and oxygen atoms in total. The molecule has 1 N–H and O–H groups in total. The summed E-state index contributed by atoms with van der Waals surface area (Å²) in [5.74, 6) is 1.19. The minimum atomic E-state index is -0.564. The van der Waals surface area contributed by atoms with E-state index in [0.29, 0.717) is 22.9 Å². The Labute approximate surface area is 115 Å². The van der Waals surface area contributed by atoms with Crippen LogP contribution in [0, 0.1) is 0 Å². The number of halogens is 1. The second-order valence-electron chi connectivity index (χ2n) is 4.22. The standard InChI is InChI=1S/C13H16BrNO3/c1-9(14)6-7-15-13(16)12-8-17-10-4-2-3-5-11(10)18-12/h2-5,9,12H,6-8H2,1H3,(H,15,16). The number of carbonyl (C=O) groups excluding carboxylic acids is 1. The topological polar surface area (TPSA) is 47.6 Å². The third-order valence-electron chi connectivity index (χ3n) is 2.64. The van der Waals surface area contributed by atoms with Gasteiger partial charge in [0.2, 0.25) is 6.10 Å². The first kappa shape index (κ1) is 13.2. The summed E-state index contributed by atoms with van der Waals surface area (Å²) in [5.41, 5.74) is 0. The van der Waals surface area contributed by atoms with E-state index < -0.39 is 6.10 Å². The predicted molar refractivity (Wildman–Crippen MR) is 72.4 cm³/mol. The molecule has 0 aromatic heterocycles. The number of alkyl halides is 1. The molecular formula is C13H16BrNO3. The van der Waals surface area contributed by atoms with Crippen LogP contribution in [0.2, 0.25) is 0 Å². The Kier molecular flexibility index (Phi) is 4.47. The normalized spacial score (nSPS) is 19.1. The van der Waals surface area contributed by atoms with Gasteiger partial charge in [-0.15, -0.1) is 0 Å². The third-order valence-corrected chi connectivity index (χ3v) is 3.10. The molecule has 1 aliphatic heterocycles. The molecule has 0 radical (unpaired) electrons. The fraction of sp³-hybridized carbons (Fsp3) is 0.462. The number of hydrogen-bond donors (Lipinski definition) is 1. The number of amides is 1. The highest BCUT2D eigenvalue weighted by atomic mass is 79.9. The van der Waals surface area contributed by atoms with Crippen molar-refractivity contribution in [1.29, 1.82) is 0 Å². The lowest BCUT2D eigenvalue weighted by molar-refractivity contribution is -0.130. The van der Waals surface area contributed by atoms with E-state index in [4.69, 9.17) is 9.47 Å². The lowest BCUT2D eigenvalue weighted by atomic mass is 10.2. The second kappa shape index (κ2) is 6.09. The number of benzene rings is 1. The van der Waals surface area contributed by atoms with E-state index >= 15 is 0 Å². The van der Waals surface area contributed by atoms with E-state index in [-0.39, 0.29) is 12.5 Å². The summed E-state index contributed by atoms with van der Waals surface area (Å²) in [6, 6.07) is 7.36. The van der Waals surface area contributed by atoms with Crippen LogP contribution in [-0.4, -0.2) is 30.0 Å². The van der Waals surface area contributed by atoms with Gasteiger partial charge in [-0.2, -0.15) is 0 Å². The molecule has 2 rings (SSSR count). The molecule has 0 aliphatic carbocycles. The summed E-state index contributed by atoms with van der Waals surface area (Å²) >= 11 is 3.43. The first-order chi connectivity index (χ1) is 8.66. The van der Waals surface area contributed by atoms with Crippen molar-refractivity contribution in [3.63, 3.8) is 0 Å². The van der Waals surface area contributed by atoms with Crippen molar-refractivity contribution in [2.75, 3.05) is 13.2 Å². The largest absolute Gasteiger partial charge is 0.485 e. The highest BCUT2D eigenvalue weighted by Crippen LogP contribution is 2.30. The van der Waals surface area contributed by atoms with Gasteiger partial charge >= 0.3 is 0 Å². The highest BCUT2D eigenvalue weighted by Gasteiger charge is 2.26. The third kappa shape index (κ3) is 3.38. The second-order valence-corrected chi connectivity index (χ2v) is 5.79. The van der Waals surface area contributed by atoms with Crippen LogP contribution in [-0.2, 0) is 4.79 Å². The van der Waals surface area contributed by atoms with Gasteiger partial charge in [0.05, 0.1) is 0 Å². The number of para-hydroxylation sites is 2. The van der Waals surface area contributed by atoms with Crippen molar-refractivity contribution in [2.24, 2.45) is 0 Å². The Morgan fingerprint density at radius 3 is 2.94 bits per heavy atom. The summed E-state index contributed by atoms with van der Waals surface area (Å²) in [6.07, 6.45) is 0.321. The summed E-state index contributed by atoms with van der Waals surface area (Å²) in [5, 5.41) is 2.84. The van der Waals surface area contributed by atoms with Crippen LogP contribution in [0.3, 0.4) is 0 Å². The quantitative estimate of drug-likeness (QED) is 0.866. The van der Waals surface area contributed by atoms with Crippen LogP contribution < -0.4 is 14.8 Å². The maximum absolute atomic E-state index is 11.9. The van der Waals surface area contributed by atoms with Gasteiger partial charge in [-0.1, -0.05) is 35.0 Å². The van der Waals surface area contributed by atoms with Crippen LogP contribution >= 0.6 is 15.9 Å². The van der Waals surface area contributed by atoms with Crippen molar-refractivity contribution in [3.8, 4) is 11.5 Å². The zero-order valence-corrected chi connectivity index (χ0v) is 11.8. The molecular weight excluding hydrogens is 298 g/mol. The summed E-state index contributed by atoms with van der Waals surface area (Å²) < 4.78 is 11.1. The summed E-state index contributed by atoms with van der Waals surface area (Å²) in [4.78, 5) is 12.2. The smallest absolute Gasteiger partial charge is 0.264 e. The molecule has 1 amide bonds. The van der Waals surface area contributed by atoms with E-state index in [0.717, 1.165) is 6.42 Å².